The van der Waals surface area contributed by atoms with Crippen LogP contribution < -0.4 is 11.2 Å². The summed E-state index contributed by atoms with van der Waals surface area (Å²) in [7, 11) is 0. The number of nitro groups is 1. The van der Waals surface area contributed by atoms with E-state index in [9.17, 15) is 19.7 Å². The molecule has 0 bridgehead atoms. The van der Waals surface area contributed by atoms with E-state index in [2.05, 4.69) is 11.7 Å². The summed E-state index contributed by atoms with van der Waals surface area (Å²) in [6, 6.07) is 16.9. The molecule has 0 saturated carbocycles. The van der Waals surface area contributed by atoms with Crippen molar-refractivity contribution in [2.75, 3.05) is 0 Å². The highest BCUT2D eigenvalue weighted by Gasteiger charge is 2.21. The van der Waals surface area contributed by atoms with Gasteiger partial charge in [0.2, 0.25) is 0 Å². The number of non-ortho nitro benzene ring substituents is 1. The van der Waals surface area contributed by atoms with Crippen LogP contribution >= 0.6 is 23.2 Å². The average molecular weight is 606 g/mol. The van der Waals surface area contributed by atoms with Crippen molar-refractivity contribution in [3.05, 3.63) is 131 Å². The van der Waals surface area contributed by atoms with Crippen molar-refractivity contribution in [3.8, 4) is 11.4 Å². The number of allylic oxidation sites excluding steroid dienone is 1. The van der Waals surface area contributed by atoms with E-state index in [1.54, 1.807) is 25.1 Å². The zero-order chi connectivity index (χ0) is 30.1. The smallest absolute Gasteiger partial charge is 0.350 e. The molecular formula is C30H25Cl2N5O5. The lowest BCUT2D eigenvalue weighted by Crippen LogP contribution is -2.24. The Morgan fingerprint density at radius 1 is 1.02 bits per heavy atom. The van der Waals surface area contributed by atoms with Crippen LogP contribution in [0.4, 0.5) is 5.69 Å². The quantitative estimate of drug-likeness (QED) is 0.143. The SMILES string of the molecule is C=C(C)c1cn(-c2c(Cl)cc([N+](=O)[O-])cc2Cl)c(=O)c2ccc(-n3nc(COCc4ccccc4)n(CC)c3=O)cc12. The molecule has 0 unspecified atom stereocenters. The number of ether oxygens (including phenoxy) is 1. The van der Waals surface area contributed by atoms with E-state index >= 15 is 0 Å². The molecule has 3 aromatic carbocycles. The summed E-state index contributed by atoms with van der Waals surface area (Å²) in [5.74, 6) is 0.469. The van der Waals surface area contributed by atoms with Gasteiger partial charge in [-0.1, -0.05) is 60.1 Å². The Bertz CT molecular complexity index is 1960. The highest BCUT2D eigenvalue weighted by atomic mass is 35.5. The molecule has 5 aromatic rings. The highest BCUT2D eigenvalue weighted by molar-refractivity contribution is 6.38. The predicted octanol–water partition coefficient (Wildman–Crippen LogP) is 6.32. The van der Waals surface area contributed by atoms with Gasteiger partial charge < -0.3 is 4.74 Å². The monoisotopic (exact) mass is 605 g/mol. The molecule has 5 rings (SSSR count). The summed E-state index contributed by atoms with van der Waals surface area (Å²) < 4.78 is 9.90. The van der Waals surface area contributed by atoms with Gasteiger partial charge in [-0.3, -0.25) is 24.0 Å². The summed E-state index contributed by atoms with van der Waals surface area (Å²) in [5, 5.41) is 16.5. The zero-order valence-corrected chi connectivity index (χ0v) is 24.2. The first-order valence-electron chi connectivity index (χ1n) is 12.9. The molecule has 0 amide bonds. The lowest BCUT2D eigenvalue weighted by atomic mass is 10.0. The fourth-order valence-electron chi connectivity index (χ4n) is 4.72. The molecular weight excluding hydrogens is 581 g/mol. The van der Waals surface area contributed by atoms with Crippen LogP contribution in [-0.2, 0) is 24.5 Å². The summed E-state index contributed by atoms with van der Waals surface area (Å²) in [4.78, 5) is 37.6. The fraction of sp³-hybridized carbons (Fsp3) is 0.167. The van der Waals surface area contributed by atoms with Crippen molar-refractivity contribution in [1.29, 1.82) is 0 Å². The van der Waals surface area contributed by atoms with E-state index in [1.165, 1.54) is 20.0 Å². The minimum Gasteiger partial charge on any atom is -0.369 e. The van der Waals surface area contributed by atoms with Crippen LogP contribution in [0.15, 0.2) is 83.0 Å². The number of fused-ring (bicyclic) bond motifs is 1. The van der Waals surface area contributed by atoms with Gasteiger partial charge >= 0.3 is 5.69 Å². The highest BCUT2D eigenvalue weighted by Crippen LogP contribution is 2.34. The van der Waals surface area contributed by atoms with E-state index in [1.807, 2.05) is 37.3 Å². The maximum atomic E-state index is 13.7. The fourth-order valence-corrected chi connectivity index (χ4v) is 5.38. The Balaban J connectivity index is 1.59. The molecule has 0 radical (unpaired) electrons. The van der Waals surface area contributed by atoms with Gasteiger partial charge in [-0.15, -0.1) is 5.10 Å². The van der Waals surface area contributed by atoms with Gasteiger partial charge in [0, 0.05) is 35.8 Å². The number of benzene rings is 3. The van der Waals surface area contributed by atoms with Crippen LogP contribution in [0.1, 0.15) is 30.8 Å². The zero-order valence-electron chi connectivity index (χ0n) is 22.7. The maximum absolute atomic E-state index is 13.7. The van der Waals surface area contributed by atoms with E-state index in [0.717, 1.165) is 17.7 Å². The second-order valence-corrected chi connectivity index (χ2v) is 10.4. The van der Waals surface area contributed by atoms with Crippen LogP contribution in [0.5, 0.6) is 0 Å². The molecule has 0 atom stereocenters. The van der Waals surface area contributed by atoms with Gasteiger partial charge in [0.15, 0.2) is 5.82 Å². The third-order valence-electron chi connectivity index (χ3n) is 6.76. The first-order valence-corrected chi connectivity index (χ1v) is 13.7. The minimum atomic E-state index is -0.617. The molecule has 0 aliphatic heterocycles. The van der Waals surface area contributed by atoms with Crippen molar-refractivity contribution in [1.82, 2.24) is 18.9 Å². The number of nitrogens with zero attached hydrogens (tertiary/aromatic N) is 5. The van der Waals surface area contributed by atoms with Crippen molar-refractivity contribution >= 4 is 45.2 Å². The summed E-state index contributed by atoms with van der Waals surface area (Å²) >= 11 is 12.7. The second kappa shape index (κ2) is 11.8. The summed E-state index contributed by atoms with van der Waals surface area (Å²) in [5.41, 5.74) is 1.69. The molecule has 0 fully saturated rings. The van der Waals surface area contributed by atoms with Gasteiger partial charge in [-0.2, -0.15) is 4.68 Å². The lowest BCUT2D eigenvalue weighted by molar-refractivity contribution is -0.384. The molecule has 0 aliphatic carbocycles. The molecule has 10 nitrogen and oxygen atoms in total. The normalized spacial score (nSPS) is 11.2. The first-order chi connectivity index (χ1) is 20.1. The van der Waals surface area contributed by atoms with E-state index in [-0.39, 0.29) is 33.7 Å². The third kappa shape index (κ3) is 5.39. The van der Waals surface area contributed by atoms with Crippen molar-refractivity contribution in [3.63, 3.8) is 0 Å². The van der Waals surface area contributed by atoms with Crippen molar-refractivity contribution in [2.24, 2.45) is 0 Å². The number of hydrogen-bond donors (Lipinski definition) is 0. The number of nitro benzene ring substituents is 1. The Morgan fingerprint density at radius 3 is 2.33 bits per heavy atom. The Labute approximate surface area is 249 Å². The molecule has 0 saturated heterocycles. The second-order valence-electron chi connectivity index (χ2n) is 9.58. The van der Waals surface area contributed by atoms with Crippen LogP contribution in [0.25, 0.3) is 27.7 Å². The molecule has 42 heavy (non-hydrogen) atoms. The van der Waals surface area contributed by atoms with E-state index in [4.69, 9.17) is 27.9 Å². The average Bonchev–Trinajstić information content (AvgIpc) is 3.28. The molecule has 2 heterocycles. The maximum Gasteiger partial charge on any atom is 0.350 e. The molecule has 0 N–H and O–H groups in total. The van der Waals surface area contributed by atoms with Crippen LogP contribution in [0.3, 0.4) is 0 Å². The van der Waals surface area contributed by atoms with Crippen molar-refractivity contribution in [2.45, 2.75) is 33.6 Å². The first kappa shape index (κ1) is 29.0. The topological polar surface area (TPSA) is 114 Å². The number of halogens is 2. The molecule has 0 aliphatic rings. The van der Waals surface area contributed by atoms with Gasteiger partial charge in [-0.05, 0) is 48.6 Å². The van der Waals surface area contributed by atoms with Gasteiger partial charge in [-0.25, -0.2) is 4.79 Å². The number of pyridine rings is 1. The van der Waals surface area contributed by atoms with Crippen LogP contribution in [0.2, 0.25) is 10.0 Å². The van der Waals surface area contributed by atoms with Crippen LogP contribution in [-0.4, -0.2) is 23.8 Å². The number of aromatic nitrogens is 4. The van der Waals surface area contributed by atoms with E-state index in [0.29, 0.717) is 46.6 Å². The van der Waals surface area contributed by atoms with Gasteiger partial charge in [0.25, 0.3) is 11.2 Å². The van der Waals surface area contributed by atoms with Gasteiger partial charge in [0.1, 0.15) is 6.61 Å². The van der Waals surface area contributed by atoms with Crippen LogP contribution in [0, 0.1) is 10.1 Å². The lowest BCUT2D eigenvalue weighted by Gasteiger charge is -2.15. The molecule has 214 valence electrons. The van der Waals surface area contributed by atoms with Crippen molar-refractivity contribution < 1.29 is 9.66 Å². The number of rotatable bonds is 9. The van der Waals surface area contributed by atoms with Gasteiger partial charge in [0.05, 0.1) is 33.0 Å². The standard InChI is InChI=1S/C30H25Cl2N5O5/c1-4-34-27(17-42-16-19-8-6-5-7-9-19)33-36(30(34)39)20-10-11-22-23(12-20)24(18(2)3)15-35(29(22)38)28-25(31)13-21(37(40)41)14-26(28)32/h5-15H,2,4,16-17H2,1,3H3. The number of hydrogen-bond acceptors (Lipinski definition) is 6. The van der Waals surface area contributed by atoms with E-state index < -0.39 is 10.5 Å². The third-order valence-corrected chi connectivity index (χ3v) is 7.33. The Kier molecular flexibility index (Phi) is 8.13. The molecule has 0 spiro atoms. The summed E-state index contributed by atoms with van der Waals surface area (Å²) in [6.07, 6.45) is 1.53. The molecule has 2 aromatic heterocycles. The summed E-state index contributed by atoms with van der Waals surface area (Å²) in [6.45, 7) is 8.59. The Morgan fingerprint density at radius 2 is 1.71 bits per heavy atom. The largest absolute Gasteiger partial charge is 0.369 e. The minimum absolute atomic E-state index is 0.0568. The Hall–Kier alpha value is -4.51. The predicted molar refractivity (Wildman–Crippen MR) is 163 cm³/mol. The molecule has 12 heteroatoms.